The summed E-state index contributed by atoms with van der Waals surface area (Å²) in [4.78, 5) is 14.9. The highest BCUT2D eigenvalue weighted by Gasteiger charge is 2.27. The number of rotatable bonds is 2. The third-order valence-corrected chi connectivity index (χ3v) is 4.88. The maximum atomic E-state index is 12.7. The fraction of sp³-hybridized carbons (Fsp3) is 0.400. The molecule has 6 heteroatoms. The van der Waals surface area contributed by atoms with Gasteiger partial charge in [0.2, 0.25) is 0 Å². The Hall–Kier alpha value is -1.63. The van der Waals surface area contributed by atoms with Gasteiger partial charge in [-0.25, -0.2) is 0 Å². The van der Waals surface area contributed by atoms with Crippen molar-refractivity contribution in [1.82, 2.24) is 4.90 Å². The van der Waals surface area contributed by atoms with Crippen LogP contribution in [-0.2, 0) is 4.74 Å². The number of nitrogen functional groups attached to an aromatic ring is 1. The lowest BCUT2D eigenvalue weighted by Crippen LogP contribution is -2.46. The Labute approximate surface area is 126 Å². The van der Waals surface area contributed by atoms with Gasteiger partial charge in [0.05, 0.1) is 25.0 Å². The zero-order valence-electron chi connectivity index (χ0n) is 11.8. The molecule has 0 spiro atoms. The molecule has 112 valence electrons. The summed E-state index contributed by atoms with van der Waals surface area (Å²) in [7, 11) is 0. The molecule has 1 amide bonds. The first-order valence-electron chi connectivity index (χ1n) is 6.90. The summed E-state index contributed by atoms with van der Waals surface area (Å²) in [6.45, 7) is 3.31. The molecule has 0 bridgehead atoms. The van der Waals surface area contributed by atoms with Crippen molar-refractivity contribution >= 4 is 33.0 Å². The van der Waals surface area contributed by atoms with E-state index in [1.54, 1.807) is 4.90 Å². The second kappa shape index (κ2) is 5.63. The van der Waals surface area contributed by atoms with Gasteiger partial charge in [0.25, 0.3) is 5.91 Å². The van der Waals surface area contributed by atoms with E-state index in [1.807, 2.05) is 25.1 Å². The molecule has 1 aromatic carbocycles. The number of aryl methyl sites for hydroxylation is 1. The van der Waals surface area contributed by atoms with Gasteiger partial charge in [0.1, 0.15) is 4.88 Å². The van der Waals surface area contributed by atoms with Gasteiger partial charge < -0.3 is 20.5 Å². The zero-order valence-corrected chi connectivity index (χ0v) is 12.7. The molecule has 0 radical (unpaired) electrons. The Kier molecular flexibility index (Phi) is 3.84. The van der Waals surface area contributed by atoms with Crippen molar-refractivity contribution in [3.05, 3.63) is 28.6 Å². The van der Waals surface area contributed by atoms with Crippen LogP contribution >= 0.6 is 11.3 Å². The molecule has 2 heterocycles. The highest BCUT2D eigenvalue weighted by molar-refractivity contribution is 7.21. The summed E-state index contributed by atoms with van der Waals surface area (Å²) in [6, 6.07) is 6.02. The maximum Gasteiger partial charge on any atom is 0.266 e. The molecule has 1 aliphatic heterocycles. The number of nitrogens with two attached hydrogens (primary N) is 1. The number of hydrogen-bond acceptors (Lipinski definition) is 5. The lowest BCUT2D eigenvalue weighted by atomic mass is 10.1. The predicted octanol–water partition coefficient (Wildman–Crippen LogP) is 1.63. The highest BCUT2D eigenvalue weighted by Crippen LogP contribution is 2.35. The molecule has 1 aliphatic rings. The van der Waals surface area contributed by atoms with E-state index in [-0.39, 0.29) is 18.6 Å². The molecule has 21 heavy (non-hydrogen) atoms. The first kappa shape index (κ1) is 14.3. The lowest BCUT2D eigenvalue weighted by molar-refractivity contribution is -0.0445. The van der Waals surface area contributed by atoms with Gasteiger partial charge in [-0.15, -0.1) is 11.3 Å². The van der Waals surface area contributed by atoms with Crippen LogP contribution in [0, 0.1) is 6.92 Å². The smallest absolute Gasteiger partial charge is 0.266 e. The van der Waals surface area contributed by atoms with Crippen LogP contribution in [-0.4, -0.2) is 48.3 Å². The third kappa shape index (κ3) is 2.62. The van der Waals surface area contributed by atoms with E-state index in [0.717, 1.165) is 15.6 Å². The van der Waals surface area contributed by atoms with Crippen molar-refractivity contribution in [3.63, 3.8) is 0 Å². The number of carbonyl (C=O) groups is 1. The normalized spacial score (nSPS) is 19.1. The number of hydrogen-bond donors (Lipinski definition) is 2. The van der Waals surface area contributed by atoms with Crippen LogP contribution in [0.3, 0.4) is 0 Å². The predicted molar refractivity (Wildman–Crippen MR) is 83.7 cm³/mol. The number of fused-ring (bicyclic) bond motifs is 1. The molecule has 0 aliphatic carbocycles. The molecule has 3 rings (SSSR count). The van der Waals surface area contributed by atoms with Crippen molar-refractivity contribution in [2.45, 2.75) is 13.0 Å². The summed E-state index contributed by atoms with van der Waals surface area (Å²) in [5.74, 6) is -0.0758. The quantitative estimate of drug-likeness (QED) is 0.884. The maximum absolute atomic E-state index is 12.7. The van der Waals surface area contributed by atoms with E-state index in [1.165, 1.54) is 11.3 Å². The third-order valence-electron chi connectivity index (χ3n) is 3.71. The number of nitrogens with zero attached hydrogens (tertiary/aromatic N) is 1. The molecule has 1 fully saturated rings. The first-order valence-corrected chi connectivity index (χ1v) is 7.72. The van der Waals surface area contributed by atoms with E-state index in [9.17, 15) is 9.90 Å². The zero-order chi connectivity index (χ0) is 15.0. The van der Waals surface area contributed by atoms with Crippen molar-refractivity contribution in [2.24, 2.45) is 0 Å². The summed E-state index contributed by atoms with van der Waals surface area (Å²) in [5.41, 5.74) is 7.84. The topological polar surface area (TPSA) is 75.8 Å². The fourth-order valence-electron chi connectivity index (χ4n) is 2.55. The monoisotopic (exact) mass is 306 g/mol. The van der Waals surface area contributed by atoms with Crippen LogP contribution in [0.5, 0.6) is 0 Å². The van der Waals surface area contributed by atoms with Crippen LogP contribution in [0.25, 0.3) is 10.1 Å². The number of thiophene rings is 1. The molecule has 0 saturated carbocycles. The van der Waals surface area contributed by atoms with Crippen LogP contribution in [0.4, 0.5) is 5.69 Å². The Balaban J connectivity index is 1.92. The van der Waals surface area contributed by atoms with Crippen molar-refractivity contribution in [1.29, 1.82) is 0 Å². The van der Waals surface area contributed by atoms with E-state index in [0.29, 0.717) is 30.3 Å². The number of aliphatic hydroxyl groups is 1. The van der Waals surface area contributed by atoms with Crippen molar-refractivity contribution < 1.29 is 14.6 Å². The van der Waals surface area contributed by atoms with Crippen molar-refractivity contribution in [3.8, 4) is 0 Å². The average molecular weight is 306 g/mol. The molecule has 3 N–H and O–H groups in total. The first-order chi connectivity index (χ1) is 10.1. The molecular weight excluding hydrogens is 288 g/mol. The van der Waals surface area contributed by atoms with Gasteiger partial charge in [0.15, 0.2) is 0 Å². The SMILES string of the molecule is Cc1ccc2sc(C(=O)N3CCOC(CO)C3)c(N)c2c1. The summed E-state index contributed by atoms with van der Waals surface area (Å²) < 4.78 is 6.40. The molecule has 1 aromatic heterocycles. The Morgan fingerprint density at radius 2 is 2.38 bits per heavy atom. The second-order valence-corrected chi connectivity index (χ2v) is 6.32. The fourth-order valence-corrected chi connectivity index (χ4v) is 3.62. The van der Waals surface area contributed by atoms with Gasteiger partial charge >= 0.3 is 0 Å². The van der Waals surface area contributed by atoms with Gasteiger partial charge in [-0.3, -0.25) is 4.79 Å². The van der Waals surface area contributed by atoms with Crippen LogP contribution in [0.15, 0.2) is 18.2 Å². The summed E-state index contributed by atoms with van der Waals surface area (Å²) in [5, 5.41) is 10.1. The minimum Gasteiger partial charge on any atom is -0.397 e. The van der Waals surface area contributed by atoms with E-state index in [4.69, 9.17) is 10.5 Å². The van der Waals surface area contributed by atoms with E-state index >= 15 is 0 Å². The number of anilines is 1. The molecule has 1 saturated heterocycles. The van der Waals surface area contributed by atoms with Crippen LogP contribution < -0.4 is 5.73 Å². The van der Waals surface area contributed by atoms with E-state index in [2.05, 4.69) is 0 Å². The summed E-state index contributed by atoms with van der Waals surface area (Å²) in [6.07, 6.45) is -0.305. The summed E-state index contributed by atoms with van der Waals surface area (Å²) >= 11 is 1.42. The van der Waals surface area contributed by atoms with Gasteiger partial charge in [0, 0.05) is 23.2 Å². The standard InChI is InChI=1S/C15H18N2O3S/c1-9-2-3-12-11(6-9)13(16)14(21-12)15(19)17-4-5-20-10(7-17)8-18/h2-3,6,10,18H,4-5,7-8,16H2,1H3. The number of ether oxygens (including phenoxy) is 1. The highest BCUT2D eigenvalue weighted by atomic mass is 32.1. The van der Waals surface area contributed by atoms with Crippen molar-refractivity contribution in [2.75, 3.05) is 32.0 Å². The minimum absolute atomic E-state index is 0.0758. The van der Waals surface area contributed by atoms with Crippen LogP contribution in [0.1, 0.15) is 15.2 Å². The number of amides is 1. The van der Waals surface area contributed by atoms with E-state index < -0.39 is 0 Å². The second-order valence-electron chi connectivity index (χ2n) is 5.27. The molecule has 1 unspecified atom stereocenters. The minimum atomic E-state index is -0.305. The number of benzene rings is 1. The Bertz CT molecular complexity index is 683. The molecule has 1 atom stereocenters. The number of morpholine rings is 1. The number of aliphatic hydroxyl groups excluding tert-OH is 1. The number of carbonyl (C=O) groups excluding carboxylic acids is 1. The van der Waals surface area contributed by atoms with Crippen LogP contribution in [0.2, 0.25) is 0 Å². The molecular formula is C15H18N2O3S. The molecule has 5 nitrogen and oxygen atoms in total. The lowest BCUT2D eigenvalue weighted by Gasteiger charge is -2.31. The average Bonchev–Trinajstić information content (AvgIpc) is 2.83. The Morgan fingerprint density at radius 3 is 3.14 bits per heavy atom. The molecule has 2 aromatic rings. The van der Waals surface area contributed by atoms with Gasteiger partial charge in [-0.1, -0.05) is 11.6 Å². The Morgan fingerprint density at radius 1 is 1.57 bits per heavy atom. The van der Waals surface area contributed by atoms with Gasteiger partial charge in [-0.05, 0) is 19.1 Å². The largest absolute Gasteiger partial charge is 0.397 e. The van der Waals surface area contributed by atoms with Gasteiger partial charge in [-0.2, -0.15) is 0 Å².